The largest absolute Gasteiger partial charge is 0.324 e. The molecular weight excluding hydrogens is 282 g/mol. The van der Waals surface area contributed by atoms with Gasteiger partial charge < -0.3 is 5.73 Å². The Balaban J connectivity index is 2.10. The molecule has 1 heterocycles. The van der Waals surface area contributed by atoms with E-state index in [2.05, 4.69) is 57.9 Å². The molecule has 0 aliphatic rings. The zero-order valence-electron chi connectivity index (χ0n) is 9.11. The second-order valence-electron chi connectivity index (χ2n) is 3.97. The van der Waals surface area contributed by atoms with Gasteiger partial charge in [0.15, 0.2) is 0 Å². The van der Waals surface area contributed by atoms with Crippen LogP contribution in [0.4, 0.5) is 0 Å². The van der Waals surface area contributed by atoms with Crippen molar-refractivity contribution in [1.29, 1.82) is 0 Å². The molecule has 84 valence electrons. The van der Waals surface area contributed by atoms with Crippen LogP contribution in [0.5, 0.6) is 0 Å². The minimum Gasteiger partial charge on any atom is -0.324 e. The SMILES string of the molecule is Cc1ccc(CC(N)c2cscc2Br)cc1. The maximum atomic E-state index is 6.19. The smallest absolute Gasteiger partial charge is 0.0355 e. The molecule has 2 N–H and O–H groups in total. The second kappa shape index (κ2) is 5.13. The Labute approximate surface area is 108 Å². The summed E-state index contributed by atoms with van der Waals surface area (Å²) >= 11 is 5.20. The average molecular weight is 296 g/mol. The summed E-state index contributed by atoms with van der Waals surface area (Å²) in [5.74, 6) is 0. The number of hydrogen-bond acceptors (Lipinski definition) is 2. The number of rotatable bonds is 3. The van der Waals surface area contributed by atoms with Crippen molar-refractivity contribution in [3.8, 4) is 0 Å². The fraction of sp³-hybridized carbons (Fsp3) is 0.231. The van der Waals surface area contributed by atoms with Crippen LogP contribution in [0.15, 0.2) is 39.5 Å². The van der Waals surface area contributed by atoms with Gasteiger partial charge in [0.2, 0.25) is 0 Å². The Bertz CT molecular complexity index is 461. The second-order valence-corrected chi connectivity index (χ2v) is 5.57. The van der Waals surface area contributed by atoms with Crippen LogP contribution in [0, 0.1) is 6.92 Å². The summed E-state index contributed by atoms with van der Waals surface area (Å²) in [6.07, 6.45) is 0.885. The zero-order chi connectivity index (χ0) is 11.5. The van der Waals surface area contributed by atoms with Gasteiger partial charge >= 0.3 is 0 Å². The highest BCUT2D eigenvalue weighted by molar-refractivity contribution is 9.10. The van der Waals surface area contributed by atoms with Crippen LogP contribution in [0.1, 0.15) is 22.7 Å². The van der Waals surface area contributed by atoms with Crippen LogP contribution in [-0.2, 0) is 6.42 Å². The Morgan fingerprint density at radius 1 is 1.25 bits per heavy atom. The molecule has 1 aromatic carbocycles. The monoisotopic (exact) mass is 295 g/mol. The molecule has 0 aliphatic carbocycles. The van der Waals surface area contributed by atoms with Crippen molar-refractivity contribution in [1.82, 2.24) is 0 Å². The van der Waals surface area contributed by atoms with E-state index in [1.54, 1.807) is 11.3 Å². The number of halogens is 1. The number of hydrogen-bond donors (Lipinski definition) is 1. The predicted molar refractivity (Wildman–Crippen MR) is 73.8 cm³/mol. The standard InChI is InChI=1S/C13H14BrNS/c1-9-2-4-10(5-3-9)6-13(15)11-7-16-8-12(11)14/h2-5,7-8,13H,6,15H2,1H3. The van der Waals surface area contributed by atoms with Gasteiger partial charge in [-0.05, 0) is 45.8 Å². The fourth-order valence-corrected chi connectivity index (χ4v) is 3.30. The molecule has 1 unspecified atom stereocenters. The third-order valence-electron chi connectivity index (χ3n) is 2.62. The lowest BCUT2D eigenvalue weighted by molar-refractivity contribution is 0.721. The highest BCUT2D eigenvalue weighted by Gasteiger charge is 2.11. The minimum absolute atomic E-state index is 0.0725. The lowest BCUT2D eigenvalue weighted by atomic mass is 10.0. The van der Waals surface area contributed by atoms with Gasteiger partial charge in [0.05, 0.1) is 0 Å². The van der Waals surface area contributed by atoms with Crippen molar-refractivity contribution in [2.45, 2.75) is 19.4 Å². The van der Waals surface area contributed by atoms with Gasteiger partial charge in [-0.15, -0.1) is 0 Å². The Morgan fingerprint density at radius 2 is 1.94 bits per heavy atom. The van der Waals surface area contributed by atoms with Gasteiger partial charge in [0.25, 0.3) is 0 Å². The lowest BCUT2D eigenvalue weighted by Gasteiger charge is -2.11. The molecule has 0 spiro atoms. The van der Waals surface area contributed by atoms with E-state index < -0.39 is 0 Å². The Hall–Kier alpha value is -0.640. The van der Waals surface area contributed by atoms with Gasteiger partial charge in [-0.2, -0.15) is 11.3 Å². The molecule has 0 saturated carbocycles. The van der Waals surface area contributed by atoms with Crippen molar-refractivity contribution in [2.75, 3.05) is 0 Å². The number of aryl methyl sites for hydroxylation is 1. The van der Waals surface area contributed by atoms with Gasteiger partial charge in [-0.1, -0.05) is 29.8 Å². The highest BCUT2D eigenvalue weighted by Crippen LogP contribution is 2.28. The molecule has 2 aromatic rings. The lowest BCUT2D eigenvalue weighted by Crippen LogP contribution is -2.12. The molecule has 1 atom stereocenters. The first-order chi connectivity index (χ1) is 7.66. The van der Waals surface area contributed by atoms with Crippen molar-refractivity contribution in [3.05, 3.63) is 56.2 Å². The van der Waals surface area contributed by atoms with Crippen LogP contribution in [-0.4, -0.2) is 0 Å². The Kier molecular flexibility index (Phi) is 3.79. The maximum Gasteiger partial charge on any atom is 0.0355 e. The molecule has 0 saturated heterocycles. The molecule has 2 rings (SSSR count). The quantitative estimate of drug-likeness (QED) is 0.908. The van der Waals surface area contributed by atoms with Crippen molar-refractivity contribution in [2.24, 2.45) is 5.73 Å². The third kappa shape index (κ3) is 2.73. The first kappa shape index (κ1) is 11.8. The van der Waals surface area contributed by atoms with Crippen LogP contribution < -0.4 is 5.73 Å². The molecule has 0 aliphatic heterocycles. The first-order valence-electron chi connectivity index (χ1n) is 5.19. The molecule has 0 amide bonds. The van der Waals surface area contributed by atoms with Gasteiger partial charge in [0.1, 0.15) is 0 Å². The van der Waals surface area contributed by atoms with E-state index in [4.69, 9.17) is 5.73 Å². The number of benzene rings is 1. The van der Waals surface area contributed by atoms with E-state index in [9.17, 15) is 0 Å². The van der Waals surface area contributed by atoms with Crippen molar-refractivity contribution >= 4 is 27.3 Å². The normalized spacial score (nSPS) is 12.7. The van der Waals surface area contributed by atoms with Gasteiger partial charge in [-0.3, -0.25) is 0 Å². The van der Waals surface area contributed by atoms with Crippen LogP contribution in [0.25, 0.3) is 0 Å². The summed E-state index contributed by atoms with van der Waals surface area (Å²) in [5, 5.41) is 4.19. The number of nitrogens with two attached hydrogens (primary N) is 1. The maximum absolute atomic E-state index is 6.19. The van der Waals surface area contributed by atoms with E-state index in [-0.39, 0.29) is 6.04 Å². The van der Waals surface area contributed by atoms with Crippen molar-refractivity contribution < 1.29 is 0 Å². The van der Waals surface area contributed by atoms with Crippen LogP contribution >= 0.6 is 27.3 Å². The summed E-state index contributed by atoms with van der Waals surface area (Å²) in [6.45, 7) is 2.10. The van der Waals surface area contributed by atoms with Gasteiger partial charge in [0, 0.05) is 15.9 Å². The van der Waals surface area contributed by atoms with Gasteiger partial charge in [-0.25, -0.2) is 0 Å². The van der Waals surface area contributed by atoms with E-state index in [1.165, 1.54) is 16.7 Å². The molecule has 16 heavy (non-hydrogen) atoms. The minimum atomic E-state index is 0.0725. The number of thiophene rings is 1. The zero-order valence-corrected chi connectivity index (χ0v) is 11.5. The van der Waals surface area contributed by atoms with E-state index >= 15 is 0 Å². The Morgan fingerprint density at radius 3 is 2.50 bits per heavy atom. The highest BCUT2D eigenvalue weighted by atomic mass is 79.9. The molecule has 1 nitrogen and oxygen atoms in total. The summed E-state index contributed by atoms with van der Waals surface area (Å²) < 4.78 is 1.12. The topological polar surface area (TPSA) is 26.0 Å². The van der Waals surface area contributed by atoms with E-state index in [1.807, 2.05) is 0 Å². The molecule has 1 aromatic heterocycles. The third-order valence-corrected chi connectivity index (χ3v) is 4.37. The van der Waals surface area contributed by atoms with E-state index in [0.29, 0.717) is 0 Å². The molecule has 0 radical (unpaired) electrons. The molecular formula is C13H14BrNS. The van der Waals surface area contributed by atoms with E-state index in [0.717, 1.165) is 10.9 Å². The average Bonchev–Trinajstić information content (AvgIpc) is 2.68. The predicted octanol–water partition coefficient (Wildman–Crippen LogP) is 4.06. The summed E-state index contributed by atoms with van der Waals surface area (Å²) in [6, 6.07) is 8.63. The summed E-state index contributed by atoms with van der Waals surface area (Å²) in [5.41, 5.74) is 9.96. The summed E-state index contributed by atoms with van der Waals surface area (Å²) in [4.78, 5) is 0. The first-order valence-corrected chi connectivity index (χ1v) is 6.93. The van der Waals surface area contributed by atoms with Crippen molar-refractivity contribution in [3.63, 3.8) is 0 Å². The molecule has 0 bridgehead atoms. The summed E-state index contributed by atoms with van der Waals surface area (Å²) in [7, 11) is 0. The molecule has 0 fully saturated rings. The fourth-order valence-electron chi connectivity index (χ4n) is 1.64. The molecule has 3 heteroatoms. The van der Waals surface area contributed by atoms with Crippen LogP contribution in [0.2, 0.25) is 0 Å². The van der Waals surface area contributed by atoms with Crippen LogP contribution in [0.3, 0.4) is 0 Å².